The van der Waals surface area contributed by atoms with Crippen molar-refractivity contribution >= 4 is 58.4 Å². The molecule has 2 aliphatic heterocycles. The van der Waals surface area contributed by atoms with Crippen LogP contribution in [0.1, 0.15) is 112 Å². The summed E-state index contributed by atoms with van der Waals surface area (Å²) < 4.78 is 52.2. The molecule has 0 bridgehead atoms. The van der Waals surface area contributed by atoms with Crippen LogP contribution in [0.5, 0.6) is 11.5 Å². The molecule has 5 nitrogen and oxygen atoms in total. The first kappa shape index (κ1) is 46.4. The highest BCUT2D eigenvalue weighted by Crippen LogP contribution is 2.52. The molecule has 6 heteroatoms. The molecule has 0 saturated carbocycles. The topological polar surface area (TPSA) is 31.8 Å². The molecule has 2 aliphatic rings. The lowest BCUT2D eigenvalue weighted by Gasteiger charge is -2.40. The van der Waals surface area contributed by atoms with E-state index >= 15 is 0 Å². The second kappa shape index (κ2) is 19.4. The third kappa shape index (κ3) is 9.85. The van der Waals surface area contributed by atoms with Gasteiger partial charge in [0.2, 0.25) is 0 Å². The number of hydrogen-bond acceptors (Lipinski definition) is 5. The van der Waals surface area contributed by atoms with Crippen molar-refractivity contribution in [1.29, 1.82) is 0 Å². The molecule has 0 atom stereocenters. The van der Waals surface area contributed by atoms with E-state index in [1.54, 1.807) is 0 Å². The fourth-order valence-electron chi connectivity index (χ4n) is 11.2. The molecule has 0 saturated heterocycles. The molecular weight excluding hydrogens is 965 g/mol. The summed E-state index contributed by atoms with van der Waals surface area (Å²) in [5.74, 6) is 2.24. The van der Waals surface area contributed by atoms with Gasteiger partial charge < -0.3 is 14.5 Å². The highest BCUT2D eigenvalue weighted by atomic mass is 28.3. The van der Waals surface area contributed by atoms with Crippen LogP contribution in [0.4, 0.5) is 39.9 Å². The van der Waals surface area contributed by atoms with Crippen molar-refractivity contribution in [3.05, 3.63) is 216 Å². The van der Waals surface area contributed by atoms with Gasteiger partial charge in [0.1, 0.15) is 32.1 Å². The summed E-state index contributed by atoms with van der Waals surface area (Å²) in [6.45, 7) is 32.2. The van der Waals surface area contributed by atoms with Crippen molar-refractivity contribution in [3.63, 3.8) is 0 Å². The number of hydrogen-bond donors (Lipinski definition) is 0. The number of para-hydroxylation sites is 4. The monoisotopic (exact) mass is 1050 g/mol. The van der Waals surface area contributed by atoms with E-state index in [1.807, 2.05) is 42.6 Å². The molecule has 0 amide bonds. The van der Waals surface area contributed by atoms with E-state index in [2.05, 4.69) is 232 Å². The van der Waals surface area contributed by atoms with Gasteiger partial charge in [-0.3, -0.25) is 4.90 Å². The summed E-state index contributed by atoms with van der Waals surface area (Å²) in [4.78, 5) is 11.8. The lowest BCUT2D eigenvalue weighted by atomic mass is 9.78. The van der Waals surface area contributed by atoms with Gasteiger partial charge in [0, 0.05) is 40.8 Å². The van der Waals surface area contributed by atoms with E-state index in [-0.39, 0.29) is 51.4 Å². The highest BCUT2D eigenvalue weighted by Gasteiger charge is 2.40. The standard InChI is InChI=1S/C72H76N4OSi/c1-69(2,3)52-36-37-73-67(44-52)76-63-32-20-21-33-65(63)78(13,14)66-35-34-58(46-64(66)76)77-57-27-22-26-56(45-57)74-47-75(62-31-19-18-30-61(62)74)68-59(48-24-16-15-17-25-48)28-23-29-60(68)51-38-49(39-53(42-51)70(4,5)6)50-40-54(71(7,8)9)43-55(41-50)72(10,11)12/h15-46H,47H2,1-14H3/i15D,16D,17D,24D,25D. The normalized spacial score (nSPS) is 15.2. The Labute approximate surface area is 473 Å². The molecule has 9 aromatic rings. The average Bonchev–Trinajstić information content (AvgIpc) is 2.65. The number of aromatic nitrogens is 1. The molecule has 0 fully saturated rings. The SMILES string of the molecule is [2H]c1c([2H])c([2H])c(-c2cccc(-c3cc(-c4cc(C(C)(C)C)cc(C(C)(C)C)c4)cc(C(C)(C)C)c3)c2N2CN(c3cccc(Oc4ccc5c(c4)N(c4cc(C(C)(C)C)ccn4)c4ccccc4[Si]5(C)C)c3)c3ccccc32)c([2H])c1[2H]. The third-order valence-electron chi connectivity index (χ3n) is 15.8. The van der Waals surface area contributed by atoms with Crippen LogP contribution < -0.4 is 29.8 Å². The number of fused-ring (bicyclic) bond motifs is 3. The van der Waals surface area contributed by atoms with Gasteiger partial charge in [-0.2, -0.15) is 0 Å². The zero-order valence-corrected chi connectivity index (χ0v) is 49.0. The van der Waals surface area contributed by atoms with Gasteiger partial charge in [0.25, 0.3) is 0 Å². The first-order chi connectivity index (χ1) is 39.0. The maximum Gasteiger partial charge on any atom is 0.137 e. The zero-order chi connectivity index (χ0) is 59.5. The Balaban J connectivity index is 1.05. The lowest BCUT2D eigenvalue weighted by Crippen LogP contribution is -2.58. The summed E-state index contributed by atoms with van der Waals surface area (Å²) in [6.07, 6.45) is 1.92. The van der Waals surface area contributed by atoms with Gasteiger partial charge in [0.15, 0.2) is 0 Å². The van der Waals surface area contributed by atoms with Crippen molar-refractivity contribution in [3.8, 4) is 44.9 Å². The van der Waals surface area contributed by atoms with E-state index in [4.69, 9.17) is 13.8 Å². The Morgan fingerprint density at radius 1 is 0.449 bits per heavy atom. The van der Waals surface area contributed by atoms with Crippen molar-refractivity contribution in [2.24, 2.45) is 0 Å². The first-order valence-corrected chi connectivity index (χ1v) is 30.5. The number of benzene rings is 8. The van der Waals surface area contributed by atoms with Crippen LogP contribution in [-0.2, 0) is 21.7 Å². The fourth-order valence-corrected chi connectivity index (χ4v) is 14.2. The first-order valence-electron chi connectivity index (χ1n) is 30.0. The average molecular weight is 1050 g/mol. The number of rotatable bonds is 8. The molecule has 0 radical (unpaired) electrons. The molecule has 8 aromatic carbocycles. The maximum atomic E-state index is 9.42. The van der Waals surface area contributed by atoms with Gasteiger partial charge in [-0.05, 0) is 131 Å². The summed E-state index contributed by atoms with van der Waals surface area (Å²) in [5, 5.41) is 2.67. The van der Waals surface area contributed by atoms with Crippen LogP contribution >= 0.6 is 0 Å². The summed E-state index contributed by atoms with van der Waals surface area (Å²) >= 11 is 0. The Hall–Kier alpha value is -7.67. The van der Waals surface area contributed by atoms with E-state index in [0.29, 0.717) is 23.7 Å². The Morgan fingerprint density at radius 2 is 0.987 bits per heavy atom. The van der Waals surface area contributed by atoms with Crippen LogP contribution in [0.3, 0.4) is 0 Å². The minimum Gasteiger partial charge on any atom is -0.457 e. The van der Waals surface area contributed by atoms with Crippen LogP contribution in [0.25, 0.3) is 33.4 Å². The molecule has 0 N–H and O–H groups in total. The zero-order valence-electron chi connectivity index (χ0n) is 53.0. The second-order valence-corrected chi connectivity index (χ2v) is 30.3. The fraction of sp³-hybridized carbons (Fsp3) is 0.264. The Bertz CT molecular complexity index is 3990. The molecule has 11 rings (SSSR count). The summed E-state index contributed by atoms with van der Waals surface area (Å²) in [6, 6.07) is 54.3. The van der Waals surface area contributed by atoms with Gasteiger partial charge in [-0.1, -0.05) is 217 Å². The van der Waals surface area contributed by atoms with E-state index in [1.165, 1.54) is 27.1 Å². The van der Waals surface area contributed by atoms with E-state index in [0.717, 1.165) is 67.8 Å². The second-order valence-electron chi connectivity index (χ2n) is 25.9. The number of nitrogens with zero attached hydrogens (tertiary/aromatic N) is 4. The van der Waals surface area contributed by atoms with Gasteiger partial charge in [-0.25, -0.2) is 4.98 Å². The van der Waals surface area contributed by atoms with Crippen LogP contribution in [0.2, 0.25) is 13.1 Å². The maximum absolute atomic E-state index is 9.42. The van der Waals surface area contributed by atoms with Crippen LogP contribution in [0.15, 0.2) is 194 Å². The van der Waals surface area contributed by atoms with Gasteiger partial charge >= 0.3 is 0 Å². The number of anilines is 7. The molecule has 0 spiro atoms. The van der Waals surface area contributed by atoms with Crippen LogP contribution in [0, 0.1) is 0 Å². The van der Waals surface area contributed by atoms with Gasteiger partial charge in [0.05, 0.1) is 29.6 Å². The summed E-state index contributed by atoms with van der Waals surface area (Å²) in [5.41, 5.74) is 14.8. The molecule has 3 heterocycles. The minimum atomic E-state index is -2.16. The van der Waals surface area contributed by atoms with Crippen LogP contribution in [-0.4, -0.2) is 19.7 Å². The number of pyridine rings is 1. The van der Waals surface area contributed by atoms with E-state index < -0.39 is 14.1 Å². The molecule has 0 unspecified atom stereocenters. The number of ether oxygens (including phenoxy) is 1. The molecule has 394 valence electrons. The predicted molar refractivity (Wildman–Crippen MR) is 335 cm³/mol. The minimum absolute atomic E-state index is 0.0681. The predicted octanol–water partition coefficient (Wildman–Crippen LogP) is 18.9. The molecule has 1 aromatic heterocycles. The third-order valence-corrected chi connectivity index (χ3v) is 19.4. The van der Waals surface area contributed by atoms with E-state index in [9.17, 15) is 2.74 Å². The largest absolute Gasteiger partial charge is 0.457 e. The Kier molecular flexibility index (Phi) is 11.5. The molecular formula is C72H76N4OSi. The van der Waals surface area contributed by atoms with Crippen molar-refractivity contribution in [2.45, 2.75) is 118 Å². The van der Waals surface area contributed by atoms with Crippen molar-refractivity contribution in [2.75, 3.05) is 21.4 Å². The highest BCUT2D eigenvalue weighted by molar-refractivity contribution is 7.02. The molecule has 78 heavy (non-hydrogen) atoms. The quantitative estimate of drug-likeness (QED) is 0.142. The van der Waals surface area contributed by atoms with Crippen molar-refractivity contribution in [1.82, 2.24) is 4.98 Å². The summed E-state index contributed by atoms with van der Waals surface area (Å²) in [7, 11) is -2.16. The van der Waals surface area contributed by atoms with Crippen molar-refractivity contribution < 1.29 is 11.6 Å². The Morgan fingerprint density at radius 3 is 1.64 bits per heavy atom. The molecule has 0 aliphatic carbocycles. The lowest BCUT2D eigenvalue weighted by molar-refractivity contribution is 0.483. The van der Waals surface area contributed by atoms with Gasteiger partial charge in [-0.15, -0.1) is 0 Å². The smallest absolute Gasteiger partial charge is 0.137 e.